The number of nitrogens with one attached hydrogen (secondary N) is 1. The van der Waals surface area contributed by atoms with Gasteiger partial charge in [0.1, 0.15) is 12.1 Å². The number of hydrogen-bond acceptors (Lipinski definition) is 7. The molecule has 1 saturated heterocycles. The van der Waals surface area contributed by atoms with Crippen LogP contribution in [0.5, 0.6) is 5.75 Å². The molecule has 1 aromatic heterocycles. The molecule has 2 amide bonds. The molecule has 1 atom stereocenters. The number of tetrazole rings is 1. The highest BCUT2D eigenvalue weighted by molar-refractivity contribution is 5.95. The van der Waals surface area contributed by atoms with Gasteiger partial charge in [-0.1, -0.05) is 30.3 Å². The van der Waals surface area contributed by atoms with Crippen molar-refractivity contribution in [1.82, 2.24) is 25.1 Å². The lowest BCUT2D eigenvalue weighted by Crippen LogP contribution is -2.42. The Morgan fingerprint density at radius 2 is 1.81 bits per heavy atom. The van der Waals surface area contributed by atoms with Gasteiger partial charge in [0.15, 0.2) is 12.6 Å². The van der Waals surface area contributed by atoms with Crippen molar-refractivity contribution in [2.75, 3.05) is 38.2 Å². The number of aromatic nitrogens is 4. The highest BCUT2D eigenvalue weighted by Crippen LogP contribution is 2.21. The van der Waals surface area contributed by atoms with Gasteiger partial charge in [-0.3, -0.25) is 9.59 Å². The average Bonchev–Trinajstić information content (AvgIpc) is 3.34. The van der Waals surface area contributed by atoms with Gasteiger partial charge >= 0.3 is 0 Å². The van der Waals surface area contributed by atoms with Crippen LogP contribution in [-0.2, 0) is 14.3 Å². The Labute approximate surface area is 178 Å². The minimum Gasteiger partial charge on any atom is -0.484 e. The second-order valence-electron chi connectivity index (χ2n) is 6.90. The lowest BCUT2D eigenvalue weighted by atomic mass is 10.1. The van der Waals surface area contributed by atoms with Gasteiger partial charge in [0.25, 0.3) is 11.8 Å². The number of hydrogen-bond donors (Lipinski definition) is 1. The molecular formula is C21H22N6O4. The molecule has 1 N–H and O–H groups in total. The van der Waals surface area contributed by atoms with E-state index >= 15 is 0 Å². The Bertz CT molecular complexity index is 988. The number of morpholine rings is 1. The first kappa shape index (κ1) is 20.5. The summed E-state index contributed by atoms with van der Waals surface area (Å²) < 4.78 is 12.2. The number of amides is 2. The van der Waals surface area contributed by atoms with Gasteiger partial charge in [-0.2, -0.15) is 0 Å². The number of nitrogens with zero attached hydrogens (tertiary/aromatic N) is 5. The first-order valence-corrected chi connectivity index (χ1v) is 9.87. The maximum absolute atomic E-state index is 13.0. The second kappa shape index (κ2) is 9.81. The van der Waals surface area contributed by atoms with E-state index in [2.05, 4.69) is 20.8 Å². The summed E-state index contributed by atoms with van der Waals surface area (Å²) >= 11 is 0. The predicted molar refractivity (Wildman–Crippen MR) is 110 cm³/mol. The summed E-state index contributed by atoms with van der Waals surface area (Å²) in [5.74, 6) is 0.183. The fourth-order valence-electron chi connectivity index (χ4n) is 3.24. The van der Waals surface area contributed by atoms with Crippen LogP contribution >= 0.6 is 0 Å². The Morgan fingerprint density at radius 3 is 2.48 bits per heavy atom. The van der Waals surface area contributed by atoms with Gasteiger partial charge in [0.2, 0.25) is 0 Å². The summed E-state index contributed by atoms with van der Waals surface area (Å²) in [5, 5.41) is 14.0. The second-order valence-corrected chi connectivity index (χ2v) is 6.90. The summed E-state index contributed by atoms with van der Waals surface area (Å²) in [6, 6.07) is 15.4. The summed E-state index contributed by atoms with van der Waals surface area (Å²) in [7, 11) is 0. The molecule has 0 bridgehead atoms. The van der Waals surface area contributed by atoms with Crippen molar-refractivity contribution < 1.29 is 19.1 Å². The molecule has 10 nitrogen and oxygen atoms in total. The molecule has 2 aromatic carbocycles. The van der Waals surface area contributed by atoms with Crippen LogP contribution < -0.4 is 10.1 Å². The zero-order valence-corrected chi connectivity index (χ0v) is 16.8. The summed E-state index contributed by atoms with van der Waals surface area (Å²) in [5.41, 5.74) is 1.35. The van der Waals surface area contributed by atoms with Crippen LogP contribution in [0.25, 0.3) is 0 Å². The fraction of sp³-hybridized carbons (Fsp3) is 0.286. The van der Waals surface area contributed by atoms with Crippen molar-refractivity contribution in [3.05, 3.63) is 66.5 Å². The van der Waals surface area contributed by atoms with E-state index < -0.39 is 6.04 Å². The van der Waals surface area contributed by atoms with Gasteiger partial charge < -0.3 is 19.7 Å². The van der Waals surface area contributed by atoms with Crippen LogP contribution in [0.4, 0.5) is 5.69 Å². The van der Waals surface area contributed by atoms with E-state index in [4.69, 9.17) is 9.47 Å². The molecule has 4 rings (SSSR count). The van der Waals surface area contributed by atoms with E-state index in [0.29, 0.717) is 37.7 Å². The van der Waals surface area contributed by atoms with Crippen molar-refractivity contribution in [3.63, 3.8) is 0 Å². The molecule has 0 radical (unpaired) electrons. The zero-order chi connectivity index (χ0) is 21.5. The molecule has 0 aliphatic carbocycles. The maximum atomic E-state index is 13.0. The molecule has 2 heterocycles. The zero-order valence-electron chi connectivity index (χ0n) is 16.8. The van der Waals surface area contributed by atoms with E-state index in [9.17, 15) is 9.59 Å². The van der Waals surface area contributed by atoms with Crippen molar-refractivity contribution in [3.8, 4) is 5.75 Å². The highest BCUT2D eigenvalue weighted by atomic mass is 16.5. The van der Waals surface area contributed by atoms with E-state index in [-0.39, 0.29) is 18.4 Å². The molecule has 3 aromatic rings. The van der Waals surface area contributed by atoms with Gasteiger partial charge in [-0.05, 0) is 40.3 Å². The minimum atomic E-state index is -0.710. The van der Waals surface area contributed by atoms with Gasteiger partial charge in [0.05, 0.1) is 13.2 Å². The van der Waals surface area contributed by atoms with Gasteiger partial charge in [-0.15, -0.1) is 5.10 Å². The fourth-order valence-corrected chi connectivity index (χ4v) is 3.24. The van der Waals surface area contributed by atoms with Crippen molar-refractivity contribution in [1.29, 1.82) is 0 Å². The number of carbonyl (C=O) groups is 2. The lowest BCUT2D eigenvalue weighted by Gasteiger charge is -2.26. The molecule has 1 aliphatic rings. The standard InChI is InChI=1S/C21H22N6O4/c28-19(26-10-12-30-13-11-26)14-31-18-8-6-17(7-9-18)23-21(29)20(27-15-22-24-25-27)16-4-2-1-3-5-16/h1-9,15,20H,10-14H2,(H,23,29). The van der Waals surface area contributed by atoms with Crippen LogP contribution in [-0.4, -0.2) is 69.8 Å². The Morgan fingerprint density at radius 1 is 1.06 bits per heavy atom. The van der Waals surface area contributed by atoms with E-state index in [1.807, 2.05) is 30.3 Å². The summed E-state index contributed by atoms with van der Waals surface area (Å²) in [6.07, 6.45) is 1.40. The molecule has 1 aliphatic heterocycles. The van der Waals surface area contributed by atoms with Crippen LogP contribution in [0.1, 0.15) is 11.6 Å². The number of carbonyl (C=O) groups excluding carboxylic acids is 2. The van der Waals surface area contributed by atoms with E-state index in [1.54, 1.807) is 29.2 Å². The SMILES string of the molecule is O=C(Nc1ccc(OCC(=O)N2CCOCC2)cc1)C(c1ccccc1)n1cnnn1. The summed E-state index contributed by atoms with van der Waals surface area (Å²) in [4.78, 5) is 26.9. The number of ether oxygens (including phenoxy) is 2. The lowest BCUT2D eigenvalue weighted by molar-refractivity contribution is -0.137. The number of rotatable bonds is 7. The smallest absolute Gasteiger partial charge is 0.260 e. The minimum absolute atomic E-state index is 0.0406. The molecule has 1 fully saturated rings. The van der Waals surface area contributed by atoms with Crippen LogP contribution in [0.2, 0.25) is 0 Å². The van der Waals surface area contributed by atoms with Crippen LogP contribution in [0.15, 0.2) is 60.9 Å². The molecule has 31 heavy (non-hydrogen) atoms. The third kappa shape index (κ3) is 5.23. The normalized spacial score (nSPS) is 14.6. The Hall–Kier alpha value is -3.79. The molecule has 1 unspecified atom stereocenters. The number of anilines is 1. The average molecular weight is 422 g/mol. The quantitative estimate of drug-likeness (QED) is 0.608. The summed E-state index contributed by atoms with van der Waals surface area (Å²) in [6.45, 7) is 2.22. The highest BCUT2D eigenvalue weighted by Gasteiger charge is 2.24. The molecule has 0 saturated carbocycles. The van der Waals surface area contributed by atoms with Gasteiger partial charge in [-0.25, -0.2) is 4.68 Å². The molecule has 10 heteroatoms. The Balaban J connectivity index is 1.37. The Kier molecular flexibility index (Phi) is 6.48. The van der Waals surface area contributed by atoms with Gasteiger partial charge in [0, 0.05) is 18.8 Å². The maximum Gasteiger partial charge on any atom is 0.260 e. The van der Waals surface area contributed by atoms with Crippen LogP contribution in [0, 0.1) is 0 Å². The van der Waals surface area contributed by atoms with Crippen molar-refractivity contribution >= 4 is 17.5 Å². The van der Waals surface area contributed by atoms with Crippen molar-refractivity contribution in [2.24, 2.45) is 0 Å². The molecule has 0 spiro atoms. The van der Waals surface area contributed by atoms with Crippen molar-refractivity contribution in [2.45, 2.75) is 6.04 Å². The van der Waals surface area contributed by atoms with E-state index in [0.717, 1.165) is 5.56 Å². The monoisotopic (exact) mass is 422 g/mol. The topological polar surface area (TPSA) is 111 Å². The molecular weight excluding hydrogens is 400 g/mol. The third-order valence-electron chi connectivity index (χ3n) is 4.84. The first-order chi connectivity index (χ1) is 15.2. The van der Waals surface area contributed by atoms with E-state index in [1.165, 1.54) is 11.0 Å². The molecule has 160 valence electrons. The largest absolute Gasteiger partial charge is 0.484 e. The number of benzene rings is 2. The van der Waals surface area contributed by atoms with Crippen LogP contribution in [0.3, 0.4) is 0 Å². The predicted octanol–water partition coefficient (Wildman–Crippen LogP) is 1.14. The first-order valence-electron chi connectivity index (χ1n) is 9.87. The third-order valence-corrected chi connectivity index (χ3v) is 4.84.